The molecule has 0 aliphatic heterocycles. The number of carbonyl (C=O) groups is 1. The molecular weight excluding hydrogens is 280 g/mol. The van der Waals surface area contributed by atoms with Crippen molar-refractivity contribution in [2.45, 2.75) is 26.3 Å². The van der Waals surface area contributed by atoms with E-state index in [-0.39, 0.29) is 17.1 Å². The van der Waals surface area contributed by atoms with Gasteiger partial charge in [-0.25, -0.2) is 9.97 Å². The summed E-state index contributed by atoms with van der Waals surface area (Å²) in [6.45, 7) is 6.07. The first kappa shape index (κ1) is 15.8. The van der Waals surface area contributed by atoms with Gasteiger partial charge in [0.2, 0.25) is 0 Å². The van der Waals surface area contributed by atoms with Crippen LogP contribution < -0.4 is 15.4 Å². The van der Waals surface area contributed by atoms with Gasteiger partial charge in [0.15, 0.2) is 0 Å². The molecule has 2 rings (SSSR count). The van der Waals surface area contributed by atoms with Crippen LogP contribution in [0.15, 0.2) is 36.7 Å². The van der Waals surface area contributed by atoms with Gasteiger partial charge < -0.3 is 15.4 Å². The Balaban J connectivity index is 2.10. The largest absolute Gasteiger partial charge is 0.495 e. The second kappa shape index (κ2) is 6.43. The summed E-state index contributed by atoms with van der Waals surface area (Å²) in [5, 5.41) is 5.95. The van der Waals surface area contributed by atoms with Crippen LogP contribution in [0.5, 0.6) is 5.75 Å². The zero-order valence-electron chi connectivity index (χ0n) is 13.2. The number of para-hydroxylation sites is 2. The van der Waals surface area contributed by atoms with Crippen LogP contribution in [0.25, 0.3) is 0 Å². The predicted octanol–water partition coefficient (Wildman–Crippen LogP) is 2.95. The third-order valence-corrected chi connectivity index (χ3v) is 2.74. The van der Waals surface area contributed by atoms with Gasteiger partial charge in [-0.3, -0.25) is 4.79 Å². The number of benzene rings is 1. The summed E-state index contributed by atoms with van der Waals surface area (Å²) in [6, 6.07) is 7.19. The van der Waals surface area contributed by atoms with E-state index in [2.05, 4.69) is 20.6 Å². The molecule has 0 fully saturated rings. The first-order chi connectivity index (χ1) is 10.4. The van der Waals surface area contributed by atoms with E-state index in [1.54, 1.807) is 25.4 Å². The molecule has 1 aromatic carbocycles. The number of anilines is 2. The third-order valence-electron chi connectivity index (χ3n) is 2.74. The summed E-state index contributed by atoms with van der Waals surface area (Å²) in [4.78, 5) is 20.5. The van der Waals surface area contributed by atoms with Crippen molar-refractivity contribution in [2.75, 3.05) is 17.7 Å². The van der Waals surface area contributed by atoms with Crippen LogP contribution in [0.2, 0.25) is 0 Å². The Hall–Kier alpha value is -2.63. The molecule has 0 saturated carbocycles. The zero-order valence-corrected chi connectivity index (χ0v) is 13.2. The molecule has 0 bridgehead atoms. The van der Waals surface area contributed by atoms with Gasteiger partial charge in [0.25, 0.3) is 5.91 Å². The quantitative estimate of drug-likeness (QED) is 0.908. The lowest BCUT2D eigenvalue weighted by atomic mass is 10.1. The smallest absolute Gasteiger partial charge is 0.275 e. The average Bonchev–Trinajstić information content (AvgIpc) is 2.47. The number of carbonyl (C=O) groups excluding carboxylic acids is 1. The molecule has 1 aromatic heterocycles. The Kier molecular flexibility index (Phi) is 4.60. The maximum absolute atomic E-state index is 12.2. The Labute approximate surface area is 129 Å². The molecule has 0 aliphatic rings. The van der Waals surface area contributed by atoms with Gasteiger partial charge in [-0.1, -0.05) is 12.1 Å². The van der Waals surface area contributed by atoms with Gasteiger partial charge in [-0.2, -0.15) is 0 Å². The first-order valence-corrected chi connectivity index (χ1v) is 6.93. The Morgan fingerprint density at radius 3 is 2.45 bits per heavy atom. The molecule has 1 amide bonds. The SMILES string of the molecule is COc1ccccc1NC(=O)c1cnc(NC(C)(C)C)cn1. The molecular formula is C16H20N4O2. The third kappa shape index (κ3) is 4.18. The number of nitrogens with one attached hydrogen (secondary N) is 2. The van der Waals surface area contributed by atoms with Gasteiger partial charge >= 0.3 is 0 Å². The van der Waals surface area contributed by atoms with Crippen LogP contribution in [0, 0.1) is 0 Å². The number of hydrogen-bond acceptors (Lipinski definition) is 5. The molecule has 22 heavy (non-hydrogen) atoms. The fourth-order valence-electron chi connectivity index (χ4n) is 1.83. The number of aromatic nitrogens is 2. The summed E-state index contributed by atoms with van der Waals surface area (Å²) in [5.41, 5.74) is 0.717. The van der Waals surface area contributed by atoms with Crippen molar-refractivity contribution < 1.29 is 9.53 Å². The number of methoxy groups -OCH3 is 1. The fourth-order valence-corrected chi connectivity index (χ4v) is 1.83. The van der Waals surface area contributed by atoms with Crippen LogP contribution in [0.1, 0.15) is 31.3 Å². The minimum absolute atomic E-state index is 0.115. The summed E-state index contributed by atoms with van der Waals surface area (Å²) in [5.74, 6) is 0.885. The van der Waals surface area contributed by atoms with E-state index >= 15 is 0 Å². The summed E-state index contributed by atoms with van der Waals surface area (Å²) in [7, 11) is 1.55. The van der Waals surface area contributed by atoms with Gasteiger partial charge in [0, 0.05) is 5.54 Å². The molecule has 6 nitrogen and oxygen atoms in total. The van der Waals surface area contributed by atoms with Crippen molar-refractivity contribution in [3.8, 4) is 5.75 Å². The molecule has 6 heteroatoms. The van der Waals surface area contributed by atoms with Crippen LogP contribution in [-0.2, 0) is 0 Å². The minimum atomic E-state index is -0.334. The van der Waals surface area contributed by atoms with Crippen LogP contribution in [0.3, 0.4) is 0 Å². The lowest BCUT2D eigenvalue weighted by molar-refractivity contribution is 0.102. The van der Waals surface area contributed by atoms with E-state index in [4.69, 9.17) is 4.74 Å². The van der Waals surface area contributed by atoms with E-state index in [9.17, 15) is 4.79 Å². The van der Waals surface area contributed by atoms with Crippen LogP contribution >= 0.6 is 0 Å². The number of rotatable bonds is 4. The monoisotopic (exact) mass is 300 g/mol. The van der Waals surface area contributed by atoms with E-state index in [0.717, 1.165) is 0 Å². The summed E-state index contributed by atoms with van der Waals surface area (Å²) >= 11 is 0. The lowest BCUT2D eigenvalue weighted by Gasteiger charge is -2.20. The maximum atomic E-state index is 12.2. The first-order valence-electron chi connectivity index (χ1n) is 6.93. The van der Waals surface area contributed by atoms with E-state index < -0.39 is 0 Å². The highest BCUT2D eigenvalue weighted by molar-refractivity contribution is 6.03. The predicted molar refractivity (Wildman–Crippen MR) is 86.4 cm³/mol. The van der Waals surface area contributed by atoms with Crippen molar-refractivity contribution in [1.29, 1.82) is 0 Å². The van der Waals surface area contributed by atoms with Crippen molar-refractivity contribution in [1.82, 2.24) is 9.97 Å². The Bertz CT molecular complexity index is 648. The molecule has 0 atom stereocenters. The van der Waals surface area contributed by atoms with E-state index in [1.165, 1.54) is 6.20 Å². The summed E-state index contributed by atoms with van der Waals surface area (Å²) in [6.07, 6.45) is 2.99. The molecule has 1 heterocycles. The van der Waals surface area contributed by atoms with Gasteiger partial charge in [-0.15, -0.1) is 0 Å². The number of nitrogens with zero attached hydrogens (tertiary/aromatic N) is 2. The highest BCUT2D eigenvalue weighted by Gasteiger charge is 2.13. The minimum Gasteiger partial charge on any atom is -0.495 e. The summed E-state index contributed by atoms with van der Waals surface area (Å²) < 4.78 is 5.20. The molecule has 0 unspecified atom stereocenters. The van der Waals surface area contributed by atoms with Crippen molar-refractivity contribution in [2.24, 2.45) is 0 Å². The fraction of sp³-hybridized carbons (Fsp3) is 0.312. The van der Waals surface area contributed by atoms with Crippen LogP contribution in [0.4, 0.5) is 11.5 Å². The number of ether oxygens (including phenoxy) is 1. The second-order valence-corrected chi connectivity index (χ2v) is 5.82. The maximum Gasteiger partial charge on any atom is 0.275 e. The van der Waals surface area contributed by atoms with Gasteiger partial charge in [-0.05, 0) is 32.9 Å². The molecule has 0 radical (unpaired) electrons. The molecule has 116 valence electrons. The highest BCUT2D eigenvalue weighted by Crippen LogP contribution is 2.23. The van der Waals surface area contributed by atoms with Crippen molar-refractivity contribution in [3.63, 3.8) is 0 Å². The van der Waals surface area contributed by atoms with E-state index in [1.807, 2.05) is 32.9 Å². The van der Waals surface area contributed by atoms with Crippen molar-refractivity contribution in [3.05, 3.63) is 42.4 Å². The number of hydrogen-bond donors (Lipinski definition) is 2. The molecule has 2 N–H and O–H groups in total. The Morgan fingerprint density at radius 1 is 1.14 bits per heavy atom. The number of amides is 1. The molecule has 0 saturated heterocycles. The van der Waals surface area contributed by atoms with Gasteiger partial charge in [0.1, 0.15) is 17.3 Å². The average molecular weight is 300 g/mol. The second-order valence-electron chi connectivity index (χ2n) is 5.82. The topological polar surface area (TPSA) is 76.1 Å². The normalized spacial score (nSPS) is 10.9. The molecule has 0 aliphatic carbocycles. The lowest BCUT2D eigenvalue weighted by Crippen LogP contribution is -2.27. The van der Waals surface area contributed by atoms with Crippen molar-refractivity contribution >= 4 is 17.4 Å². The Morgan fingerprint density at radius 2 is 1.86 bits per heavy atom. The van der Waals surface area contributed by atoms with Gasteiger partial charge in [0.05, 0.1) is 25.2 Å². The molecule has 2 aromatic rings. The van der Waals surface area contributed by atoms with E-state index in [0.29, 0.717) is 17.3 Å². The van der Waals surface area contributed by atoms with Crippen LogP contribution in [-0.4, -0.2) is 28.5 Å². The highest BCUT2D eigenvalue weighted by atomic mass is 16.5. The zero-order chi connectivity index (χ0) is 16.2. The molecule has 0 spiro atoms. The standard InChI is InChI=1S/C16H20N4O2/c1-16(2,3)20-14-10-17-12(9-18-14)15(21)19-11-7-5-6-8-13(11)22-4/h5-10H,1-4H3,(H,18,20)(H,19,21).